The van der Waals surface area contributed by atoms with Gasteiger partial charge in [0.1, 0.15) is 5.82 Å². The topological polar surface area (TPSA) is 107 Å². The largest absolute Gasteiger partial charge is 0.364 e. The van der Waals surface area contributed by atoms with Crippen molar-refractivity contribution < 1.29 is 4.79 Å². The van der Waals surface area contributed by atoms with Crippen molar-refractivity contribution >= 4 is 11.7 Å². The Bertz CT molecular complexity index is 399. The average molecular weight is 249 g/mol. The Morgan fingerprint density at radius 3 is 2.61 bits per heavy atom. The summed E-state index contributed by atoms with van der Waals surface area (Å²) in [5.41, 5.74) is 11.1. The molecule has 98 valence electrons. The van der Waals surface area contributed by atoms with Crippen LogP contribution in [0.25, 0.3) is 0 Å². The van der Waals surface area contributed by atoms with E-state index in [4.69, 9.17) is 11.5 Å². The van der Waals surface area contributed by atoms with Crippen molar-refractivity contribution in [1.82, 2.24) is 10.2 Å². The van der Waals surface area contributed by atoms with Gasteiger partial charge < -0.3 is 16.8 Å². The first-order valence-corrected chi connectivity index (χ1v) is 6.31. The lowest BCUT2D eigenvalue weighted by atomic mass is 9.98. The highest BCUT2D eigenvalue weighted by atomic mass is 16.1. The number of primary amides is 1. The molecule has 0 aliphatic heterocycles. The molecule has 1 aliphatic rings. The molecule has 0 saturated heterocycles. The normalized spacial score (nSPS) is 17.6. The third-order valence-electron chi connectivity index (χ3n) is 3.47. The SMILES string of the molecule is NCC(Nc1ccc(C(N)=O)nn1)C1CCCC1. The van der Waals surface area contributed by atoms with Gasteiger partial charge >= 0.3 is 0 Å². The number of carbonyl (C=O) groups excluding carboxylic acids is 1. The number of hydrogen-bond donors (Lipinski definition) is 3. The second kappa shape index (κ2) is 5.77. The standard InChI is InChI=1S/C12H19N5O/c13-7-10(8-3-1-2-4-8)15-11-6-5-9(12(14)18)16-17-11/h5-6,8,10H,1-4,7,13H2,(H2,14,18)(H,15,17). The third kappa shape index (κ3) is 2.95. The van der Waals surface area contributed by atoms with E-state index in [1.54, 1.807) is 12.1 Å². The molecule has 1 aliphatic carbocycles. The second-order valence-electron chi connectivity index (χ2n) is 4.70. The number of rotatable bonds is 5. The van der Waals surface area contributed by atoms with Gasteiger partial charge in [-0.1, -0.05) is 12.8 Å². The maximum Gasteiger partial charge on any atom is 0.269 e. The molecule has 1 saturated carbocycles. The number of aromatic nitrogens is 2. The van der Waals surface area contributed by atoms with Crippen LogP contribution >= 0.6 is 0 Å². The highest BCUT2D eigenvalue weighted by Gasteiger charge is 2.24. The van der Waals surface area contributed by atoms with E-state index >= 15 is 0 Å². The monoisotopic (exact) mass is 249 g/mol. The zero-order valence-corrected chi connectivity index (χ0v) is 10.3. The zero-order chi connectivity index (χ0) is 13.0. The molecule has 1 amide bonds. The van der Waals surface area contributed by atoms with Gasteiger partial charge in [0.25, 0.3) is 5.91 Å². The minimum atomic E-state index is -0.569. The van der Waals surface area contributed by atoms with E-state index in [-0.39, 0.29) is 11.7 Å². The molecule has 0 radical (unpaired) electrons. The summed E-state index contributed by atoms with van der Waals surface area (Å²) < 4.78 is 0. The predicted molar refractivity (Wildman–Crippen MR) is 69.0 cm³/mol. The maximum atomic E-state index is 10.9. The fraction of sp³-hybridized carbons (Fsp3) is 0.583. The smallest absolute Gasteiger partial charge is 0.269 e. The molecule has 1 atom stereocenters. The van der Waals surface area contributed by atoms with Gasteiger partial charge in [-0.05, 0) is 30.9 Å². The van der Waals surface area contributed by atoms with Gasteiger partial charge in [0.05, 0.1) is 0 Å². The van der Waals surface area contributed by atoms with Gasteiger partial charge in [0.2, 0.25) is 0 Å². The summed E-state index contributed by atoms with van der Waals surface area (Å²) in [6.45, 7) is 0.573. The summed E-state index contributed by atoms with van der Waals surface area (Å²) in [6, 6.07) is 3.51. The molecular formula is C12H19N5O. The van der Waals surface area contributed by atoms with Crippen molar-refractivity contribution in [3.63, 3.8) is 0 Å². The van der Waals surface area contributed by atoms with Crippen molar-refractivity contribution in [2.75, 3.05) is 11.9 Å². The maximum absolute atomic E-state index is 10.9. The Balaban J connectivity index is 2.00. The summed E-state index contributed by atoms with van der Waals surface area (Å²) in [6.07, 6.45) is 4.97. The van der Waals surface area contributed by atoms with Gasteiger partial charge in [0, 0.05) is 12.6 Å². The van der Waals surface area contributed by atoms with Crippen molar-refractivity contribution in [2.45, 2.75) is 31.7 Å². The molecule has 1 fully saturated rings. The fourth-order valence-corrected chi connectivity index (χ4v) is 2.46. The van der Waals surface area contributed by atoms with Crippen molar-refractivity contribution in [2.24, 2.45) is 17.4 Å². The van der Waals surface area contributed by atoms with Crippen molar-refractivity contribution in [1.29, 1.82) is 0 Å². The van der Waals surface area contributed by atoms with Crippen LogP contribution in [0.3, 0.4) is 0 Å². The molecule has 6 nitrogen and oxygen atoms in total. The Morgan fingerprint density at radius 1 is 1.39 bits per heavy atom. The molecule has 0 spiro atoms. The molecule has 0 bridgehead atoms. The van der Waals surface area contributed by atoms with E-state index in [1.165, 1.54) is 25.7 Å². The third-order valence-corrected chi connectivity index (χ3v) is 3.47. The number of anilines is 1. The van der Waals surface area contributed by atoms with Crippen LogP contribution in [0.2, 0.25) is 0 Å². The van der Waals surface area contributed by atoms with Crippen LogP contribution in [-0.4, -0.2) is 28.7 Å². The molecule has 0 aromatic carbocycles. The van der Waals surface area contributed by atoms with Crippen LogP contribution in [0, 0.1) is 5.92 Å². The molecule has 5 N–H and O–H groups in total. The first kappa shape index (κ1) is 12.8. The van der Waals surface area contributed by atoms with Gasteiger partial charge in [-0.3, -0.25) is 4.79 Å². The summed E-state index contributed by atoms with van der Waals surface area (Å²) in [5.74, 6) is 0.676. The van der Waals surface area contributed by atoms with E-state index in [9.17, 15) is 4.79 Å². The lowest BCUT2D eigenvalue weighted by Crippen LogP contribution is -2.35. The molecule has 2 rings (SSSR count). The molecular weight excluding hydrogens is 230 g/mol. The van der Waals surface area contributed by atoms with Gasteiger partial charge in [-0.15, -0.1) is 10.2 Å². The Kier molecular flexibility index (Phi) is 4.09. The van der Waals surface area contributed by atoms with Crippen LogP contribution < -0.4 is 16.8 Å². The van der Waals surface area contributed by atoms with Crippen LogP contribution in [0.15, 0.2) is 12.1 Å². The minimum absolute atomic E-state index is 0.172. The van der Waals surface area contributed by atoms with Crippen molar-refractivity contribution in [3.8, 4) is 0 Å². The van der Waals surface area contributed by atoms with Crippen molar-refractivity contribution in [3.05, 3.63) is 17.8 Å². The van der Waals surface area contributed by atoms with Crippen LogP contribution in [0.5, 0.6) is 0 Å². The lowest BCUT2D eigenvalue weighted by Gasteiger charge is -2.23. The van der Waals surface area contributed by atoms with Crippen LogP contribution in [0.4, 0.5) is 5.82 Å². The van der Waals surface area contributed by atoms with E-state index < -0.39 is 5.91 Å². The summed E-state index contributed by atoms with van der Waals surface area (Å²) >= 11 is 0. The van der Waals surface area contributed by atoms with Gasteiger partial charge in [-0.25, -0.2) is 0 Å². The number of amides is 1. The Labute approximate surface area is 106 Å². The average Bonchev–Trinajstić information content (AvgIpc) is 2.90. The molecule has 1 heterocycles. The minimum Gasteiger partial charge on any atom is -0.364 e. The number of nitrogens with two attached hydrogens (primary N) is 2. The fourth-order valence-electron chi connectivity index (χ4n) is 2.46. The number of nitrogens with one attached hydrogen (secondary N) is 1. The van der Waals surface area contributed by atoms with E-state index in [2.05, 4.69) is 15.5 Å². The predicted octanol–water partition coefficient (Wildman–Crippen LogP) is 0.505. The van der Waals surface area contributed by atoms with E-state index in [0.717, 1.165) is 0 Å². The van der Waals surface area contributed by atoms with Gasteiger partial charge in [-0.2, -0.15) is 0 Å². The quantitative estimate of drug-likeness (QED) is 0.704. The Hall–Kier alpha value is -1.69. The second-order valence-corrected chi connectivity index (χ2v) is 4.70. The van der Waals surface area contributed by atoms with Crippen LogP contribution in [0.1, 0.15) is 36.2 Å². The molecule has 6 heteroatoms. The number of carbonyl (C=O) groups is 1. The number of nitrogens with zero attached hydrogens (tertiary/aromatic N) is 2. The van der Waals surface area contributed by atoms with E-state index in [0.29, 0.717) is 18.3 Å². The lowest BCUT2D eigenvalue weighted by molar-refractivity contribution is 0.0994. The highest BCUT2D eigenvalue weighted by molar-refractivity contribution is 5.90. The summed E-state index contributed by atoms with van der Waals surface area (Å²) in [5, 5.41) is 11.0. The first-order chi connectivity index (χ1) is 8.70. The molecule has 1 aromatic heterocycles. The summed E-state index contributed by atoms with van der Waals surface area (Å²) in [7, 11) is 0. The number of hydrogen-bond acceptors (Lipinski definition) is 5. The molecule has 1 unspecified atom stereocenters. The van der Waals surface area contributed by atoms with E-state index in [1.807, 2.05) is 0 Å². The Morgan fingerprint density at radius 2 is 2.11 bits per heavy atom. The molecule has 18 heavy (non-hydrogen) atoms. The zero-order valence-electron chi connectivity index (χ0n) is 10.3. The highest BCUT2D eigenvalue weighted by Crippen LogP contribution is 2.28. The first-order valence-electron chi connectivity index (χ1n) is 6.31. The van der Waals surface area contributed by atoms with Gasteiger partial charge in [0.15, 0.2) is 5.69 Å². The summed E-state index contributed by atoms with van der Waals surface area (Å²) in [4.78, 5) is 10.9. The van der Waals surface area contributed by atoms with Crippen LogP contribution in [-0.2, 0) is 0 Å². The molecule has 1 aromatic rings.